The third-order valence-electron chi connectivity index (χ3n) is 4.09. The smallest absolute Gasteiger partial charge is 0.0950 e. The highest BCUT2D eigenvalue weighted by Crippen LogP contribution is 2.31. The summed E-state index contributed by atoms with van der Waals surface area (Å²) in [5.41, 5.74) is 1.46. The summed E-state index contributed by atoms with van der Waals surface area (Å²) in [6, 6.07) is 0.646. The summed E-state index contributed by atoms with van der Waals surface area (Å²) in [4.78, 5) is 4.39. The Morgan fingerprint density at radius 2 is 2.06 bits per heavy atom. The van der Waals surface area contributed by atoms with E-state index in [0.717, 1.165) is 13.1 Å². The Labute approximate surface area is 103 Å². The molecular formula is C14H21N3. The Balaban J connectivity index is 1.80. The molecule has 17 heavy (non-hydrogen) atoms. The number of imidazole rings is 1. The maximum Gasteiger partial charge on any atom is 0.0950 e. The molecule has 2 aliphatic rings. The van der Waals surface area contributed by atoms with Crippen LogP contribution in [0.1, 0.15) is 49.8 Å². The Bertz CT molecular complexity index is 388. The van der Waals surface area contributed by atoms with Gasteiger partial charge in [-0.05, 0) is 45.2 Å². The zero-order valence-electron chi connectivity index (χ0n) is 10.3. The average Bonchev–Trinajstić information content (AvgIpc) is 2.90. The van der Waals surface area contributed by atoms with Gasteiger partial charge in [0.1, 0.15) is 0 Å². The van der Waals surface area contributed by atoms with E-state index in [4.69, 9.17) is 0 Å². The van der Waals surface area contributed by atoms with Crippen molar-refractivity contribution in [3.63, 3.8) is 0 Å². The van der Waals surface area contributed by atoms with Crippen molar-refractivity contribution in [2.45, 2.75) is 44.1 Å². The highest BCUT2D eigenvalue weighted by molar-refractivity contribution is 5.10. The lowest BCUT2D eigenvalue weighted by molar-refractivity contribution is 0.398. The van der Waals surface area contributed by atoms with E-state index in [0.29, 0.717) is 12.0 Å². The fourth-order valence-corrected chi connectivity index (χ4v) is 3.08. The zero-order valence-corrected chi connectivity index (χ0v) is 10.3. The van der Waals surface area contributed by atoms with E-state index < -0.39 is 0 Å². The number of aromatic nitrogens is 2. The second-order valence-corrected chi connectivity index (χ2v) is 5.19. The van der Waals surface area contributed by atoms with Crippen molar-refractivity contribution in [1.82, 2.24) is 14.9 Å². The molecule has 1 fully saturated rings. The molecule has 0 saturated carbocycles. The molecule has 1 N–H and O–H groups in total. The van der Waals surface area contributed by atoms with Gasteiger partial charge in [0, 0.05) is 23.9 Å². The molecule has 0 bridgehead atoms. The Kier molecular flexibility index (Phi) is 3.27. The van der Waals surface area contributed by atoms with E-state index in [1.807, 2.05) is 6.33 Å². The quantitative estimate of drug-likeness (QED) is 0.793. The van der Waals surface area contributed by atoms with Crippen molar-refractivity contribution < 1.29 is 0 Å². The minimum Gasteiger partial charge on any atom is -0.331 e. The van der Waals surface area contributed by atoms with Gasteiger partial charge in [0.15, 0.2) is 0 Å². The summed E-state index contributed by atoms with van der Waals surface area (Å²) in [6.07, 6.45) is 14.9. The lowest BCUT2D eigenvalue weighted by atomic mass is 9.93. The van der Waals surface area contributed by atoms with E-state index >= 15 is 0 Å². The van der Waals surface area contributed by atoms with Crippen molar-refractivity contribution in [2.24, 2.45) is 0 Å². The minimum absolute atomic E-state index is 0.646. The topological polar surface area (TPSA) is 29.9 Å². The van der Waals surface area contributed by atoms with E-state index in [1.165, 1.54) is 37.8 Å². The van der Waals surface area contributed by atoms with Crippen LogP contribution < -0.4 is 5.32 Å². The van der Waals surface area contributed by atoms with Gasteiger partial charge in [0.25, 0.3) is 0 Å². The van der Waals surface area contributed by atoms with Crippen LogP contribution in [0.4, 0.5) is 0 Å². The van der Waals surface area contributed by atoms with Crippen molar-refractivity contribution in [3.05, 3.63) is 30.4 Å². The number of nitrogens with one attached hydrogen (secondary N) is 1. The van der Waals surface area contributed by atoms with Gasteiger partial charge in [-0.1, -0.05) is 12.2 Å². The normalized spacial score (nSPS) is 26.2. The summed E-state index contributed by atoms with van der Waals surface area (Å²) in [5.74, 6) is 0.713. The van der Waals surface area contributed by atoms with E-state index in [9.17, 15) is 0 Å². The molecule has 0 radical (unpaired) electrons. The van der Waals surface area contributed by atoms with Crippen LogP contribution in [0.15, 0.2) is 24.7 Å². The molecule has 3 nitrogen and oxygen atoms in total. The Morgan fingerprint density at radius 3 is 2.82 bits per heavy atom. The van der Waals surface area contributed by atoms with Crippen LogP contribution >= 0.6 is 0 Å². The summed E-state index contributed by atoms with van der Waals surface area (Å²) < 4.78 is 2.44. The molecule has 1 saturated heterocycles. The molecule has 0 aromatic carbocycles. The van der Waals surface area contributed by atoms with E-state index in [-0.39, 0.29) is 0 Å². The molecule has 1 aliphatic carbocycles. The number of hydrogen-bond donors (Lipinski definition) is 1. The molecule has 1 unspecified atom stereocenters. The van der Waals surface area contributed by atoms with E-state index in [1.54, 1.807) is 0 Å². The molecule has 1 aromatic heterocycles. The monoisotopic (exact) mass is 231 g/mol. The highest BCUT2D eigenvalue weighted by Gasteiger charge is 2.22. The number of allylic oxidation sites excluding steroid dienone is 2. The van der Waals surface area contributed by atoms with Crippen LogP contribution in [0.2, 0.25) is 0 Å². The van der Waals surface area contributed by atoms with E-state index in [2.05, 4.69) is 33.2 Å². The van der Waals surface area contributed by atoms with Gasteiger partial charge in [0.05, 0.1) is 6.33 Å². The molecule has 2 heterocycles. The third-order valence-corrected chi connectivity index (χ3v) is 4.09. The van der Waals surface area contributed by atoms with Gasteiger partial charge in [-0.15, -0.1) is 0 Å². The standard InChI is InChI=1S/C14H21N3/c1-2-4-13(5-3-1)17-11-16-10-14(17)12-6-8-15-9-7-12/h1-2,10-13,15H,3-9H2. The van der Waals surface area contributed by atoms with Gasteiger partial charge < -0.3 is 9.88 Å². The first kappa shape index (κ1) is 11.0. The van der Waals surface area contributed by atoms with Gasteiger partial charge in [-0.3, -0.25) is 0 Å². The van der Waals surface area contributed by atoms with Crippen molar-refractivity contribution in [2.75, 3.05) is 13.1 Å². The Hall–Kier alpha value is -1.09. The van der Waals surface area contributed by atoms with Crippen LogP contribution in [0.25, 0.3) is 0 Å². The first-order valence-corrected chi connectivity index (χ1v) is 6.82. The molecule has 92 valence electrons. The lowest BCUT2D eigenvalue weighted by Gasteiger charge is -2.27. The number of piperidine rings is 1. The second-order valence-electron chi connectivity index (χ2n) is 5.19. The van der Waals surface area contributed by atoms with Crippen LogP contribution in [0.3, 0.4) is 0 Å². The molecular weight excluding hydrogens is 210 g/mol. The van der Waals surface area contributed by atoms with Crippen LogP contribution in [-0.4, -0.2) is 22.6 Å². The molecule has 1 aromatic rings. The number of hydrogen-bond acceptors (Lipinski definition) is 2. The molecule has 3 heteroatoms. The van der Waals surface area contributed by atoms with Crippen molar-refractivity contribution in [1.29, 1.82) is 0 Å². The van der Waals surface area contributed by atoms with Crippen molar-refractivity contribution >= 4 is 0 Å². The fourth-order valence-electron chi connectivity index (χ4n) is 3.08. The third kappa shape index (κ3) is 2.29. The summed E-state index contributed by atoms with van der Waals surface area (Å²) in [7, 11) is 0. The maximum absolute atomic E-state index is 4.39. The number of rotatable bonds is 2. The summed E-state index contributed by atoms with van der Waals surface area (Å²) in [6.45, 7) is 2.31. The average molecular weight is 231 g/mol. The van der Waals surface area contributed by atoms with Crippen LogP contribution in [-0.2, 0) is 0 Å². The SMILES string of the molecule is C1=CCC(n2cncc2C2CCNCC2)CC1. The highest BCUT2D eigenvalue weighted by atomic mass is 15.1. The van der Waals surface area contributed by atoms with Crippen LogP contribution in [0, 0.1) is 0 Å². The largest absolute Gasteiger partial charge is 0.331 e. The molecule has 0 amide bonds. The van der Waals surface area contributed by atoms with Gasteiger partial charge in [-0.2, -0.15) is 0 Å². The predicted molar refractivity (Wildman–Crippen MR) is 69.1 cm³/mol. The molecule has 3 rings (SSSR count). The predicted octanol–water partition coefficient (Wildman–Crippen LogP) is 2.63. The Morgan fingerprint density at radius 1 is 1.18 bits per heavy atom. The summed E-state index contributed by atoms with van der Waals surface area (Å²) >= 11 is 0. The maximum atomic E-state index is 4.39. The molecule has 1 atom stereocenters. The van der Waals surface area contributed by atoms with Gasteiger partial charge >= 0.3 is 0 Å². The first-order chi connectivity index (χ1) is 8.45. The number of nitrogens with zero attached hydrogens (tertiary/aromatic N) is 2. The fraction of sp³-hybridized carbons (Fsp3) is 0.643. The first-order valence-electron chi connectivity index (χ1n) is 6.82. The molecule has 0 spiro atoms. The second kappa shape index (κ2) is 5.05. The van der Waals surface area contributed by atoms with Gasteiger partial charge in [0.2, 0.25) is 0 Å². The van der Waals surface area contributed by atoms with Crippen molar-refractivity contribution in [3.8, 4) is 0 Å². The molecule has 1 aliphatic heterocycles. The van der Waals surface area contributed by atoms with Gasteiger partial charge in [-0.25, -0.2) is 4.98 Å². The lowest BCUT2D eigenvalue weighted by Crippen LogP contribution is -2.28. The van der Waals surface area contributed by atoms with Crippen LogP contribution in [0.5, 0.6) is 0 Å². The summed E-state index contributed by atoms with van der Waals surface area (Å²) in [5, 5.41) is 3.43. The zero-order chi connectivity index (χ0) is 11.5. The minimum atomic E-state index is 0.646.